The molecular formula is C20H21FN2O6. The van der Waals surface area contributed by atoms with Gasteiger partial charge in [-0.05, 0) is 23.3 Å². The number of aliphatic carboxylic acids is 1. The van der Waals surface area contributed by atoms with E-state index in [0.717, 1.165) is 5.56 Å². The van der Waals surface area contributed by atoms with Crippen LogP contribution < -0.4 is 10.6 Å². The maximum Gasteiger partial charge on any atom is 0.408 e. The average Bonchev–Trinajstić information content (AvgIpc) is 2.72. The van der Waals surface area contributed by atoms with Crippen molar-refractivity contribution < 1.29 is 33.7 Å². The molecule has 154 valence electrons. The number of carboxylic acids is 1. The molecule has 2 aromatic rings. The number of ether oxygens (including phenoxy) is 1. The van der Waals surface area contributed by atoms with E-state index in [9.17, 15) is 29.0 Å². The summed E-state index contributed by atoms with van der Waals surface area (Å²) in [7, 11) is 0. The monoisotopic (exact) mass is 404 g/mol. The molecule has 0 spiro atoms. The fraction of sp³-hybridized carbons (Fsp3) is 0.250. The molecule has 29 heavy (non-hydrogen) atoms. The summed E-state index contributed by atoms with van der Waals surface area (Å²) in [5.41, 5.74) is 1.23. The molecule has 0 saturated carbocycles. The van der Waals surface area contributed by atoms with Crippen LogP contribution in [0.1, 0.15) is 11.1 Å². The number of carbonyl (C=O) groups excluding carboxylic acids is 2. The van der Waals surface area contributed by atoms with E-state index in [2.05, 4.69) is 10.6 Å². The smallest absolute Gasteiger partial charge is 0.408 e. The van der Waals surface area contributed by atoms with Gasteiger partial charge in [0, 0.05) is 6.42 Å². The number of alkyl carbamates (subject to hydrolysis) is 1. The molecule has 0 aliphatic rings. The molecule has 9 heteroatoms. The third-order valence-electron chi connectivity index (χ3n) is 3.97. The van der Waals surface area contributed by atoms with Crippen molar-refractivity contribution in [1.29, 1.82) is 0 Å². The number of carboxylic acid groups (broad SMARTS) is 1. The fourth-order valence-electron chi connectivity index (χ4n) is 2.43. The minimum absolute atomic E-state index is 0.0330. The van der Waals surface area contributed by atoms with Crippen molar-refractivity contribution in [1.82, 2.24) is 10.6 Å². The first-order valence-corrected chi connectivity index (χ1v) is 8.74. The van der Waals surface area contributed by atoms with Crippen molar-refractivity contribution >= 4 is 18.0 Å². The van der Waals surface area contributed by atoms with Gasteiger partial charge in [-0.3, -0.25) is 4.79 Å². The van der Waals surface area contributed by atoms with Crippen molar-refractivity contribution in [2.75, 3.05) is 6.61 Å². The van der Waals surface area contributed by atoms with Gasteiger partial charge in [-0.15, -0.1) is 0 Å². The summed E-state index contributed by atoms with van der Waals surface area (Å²) in [6.45, 7) is -0.788. The number of rotatable bonds is 9. The van der Waals surface area contributed by atoms with Gasteiger partial charge in [-0.25, -0.2) is 14.0 Å². The van der Waals surface area contributed by atoms with E-state index in [-0.39, 0.29) is 13.0 Å². The van der Waals surface area contributed by atoms with Gasteiger partial charge in [-0.1, -0.05) is 42.5 Å². The molecule has 0 aromatic heterocycles. The lowest BCUT2D eigenvalue weighted by atomic mass is 10.1. The highest BCUT2D eigenvalue weighted by Crippen LogP contribution is 2.07. The minimum atomic E-state index is -1.40. The molecule has 2 atom stereocenters. The Kier molecular flexibility index (Phi) is 8.11. The van der Waals surface area contributed by atoms with Gasteiger partial charge in [0.1, 0.15) is 24.5 Å². The number of hydrogen-bond acceptors (Lipinski definition) is 5. The first kappa shape index (κ1) is 21.8. The van der Waals surface area contributed by atoms with Gasteiger partial charge in [0.15, 0.2) is 0 Å². The Bertz CT molecular complexity index is 829. The highest BCUT2D eigenvalue weighted by molar-refractivity contribution is 5.89. The lowest BCUT2D eigenvalue weighted by Crippen LogP contribution is -2.53. The first-order chi connectivity index (χ1) is 13.9. The van der Waals surface area contributed by atoms with Crippen LogP contribution in [0.2, 0.25) is 0 Å². The number of halogens is 1. The zero-order valence-corrected chi connectivity index (χ0v) is 15.4. The van der Waals surface area contributed by atoms with E-state index in [1.165, 1.54) is 24.3 Å². The Morgan fingerprint density at radius 1 is 0.931 bits per heavy atom. The molecule has 4 N–H and O–H groups in total. The lowest BCUT2D eigenvalue weighted by molar-refractivity contribution is -0.142. The van der Waals surface area contributed by atoms with E-state index < -0.39 is 42.5 Å². The standard InChI is InChI=1S/C20H21FN2O6/c21-15-8-6-13(7-9-15)10-16(19(26)27)22-18(25)17(11-24)23-20(28)29-12-14-4-2-1-3-5-14/h1-9,16-17,24H,10-12H2,(H,22,25)(H,23,28)(H,26,27)/t16-,17+/m1/s1. The Labute approximate surface area is 166 Å². The van der Waals surface area contributed by atoms with Crippen molar-refractivity contribution in [2.45, 2.75) is 25.1 Å². The number of aliphatic hydroxyl groups excluding tert-OH is 1. The number of benzene rings is 2. The Balaban J connectivity index is 1.91. The van der Waals surface area contributed by atoms with Crippen LogP contribution >= 0.6 is 0 Å². The predicted octanol–water partition coefficient (Wildman–Crippen LogP) is 1.22. The van der Waals surface area contributed by atoms with Crippen LogP contribution in [0.15, 0.2) is 54.6 Å². The molecule has 0 heterocycles. The van der Waals surface area contributed by atoms with Crippen molar-refractivity contribution in [2.24, 2.45) is 0 Å². The summed E-state index contributed by atoms with van der Waals surface area (Å²) < 4.78 is 17.9. The Morgan fingerprint density at radius 2 is 1.59 bits per heavy atom. The summed E-state index contributed by atoms with van der Waals surface area (Å²) in [6, 6.07) is 11.3. The van der Waals surface area contributed by atoms with E-state index in [1.807, 2.05) is 0 Å². The number of nitrogens with one attached hydrogen (secondary N) is 2. The zero-order chi connectivity index (χ0) is 21.2. The van der Waals surface area contributed by atoms with E-state index >= 15 is 0 Å². The number of hydrogen-bond donors (Lipinski definition) is 4. The van der Waals surface area contributed by atoms with Gasteiger partial charge in [0.2, 0.25) is 5.91 Å². The highest BCUT2D eigenvalue weighted by atomic mass is 19.1. The molecule has 0 saturated heterocycles. The molecule has 0 unspecified atom stereocenters. The number of aliphatic hydroxyl groups is 1. The zero-order valence-electron chi connectivity index (χ0n) is 15.4. The second-order valence-electron chi connectivity index (χ2n) is 6.17. The molecule has 0 aliphatic carbocycles. The molecule has 2 aromatic carbocycles. The van der Waals surface area contributed by atoms with Crippen molar-refractivity contribution in [3.8, 4) is 0 Å². The van der Waals surface area contributed by atoms with Crippen LogP contribution in [0.25, 0.3) is 0 Å². The van der Waals surface area contributed by atoms with E-state index in [0.29, 0.717) is 5.56 Å². The summed E-state index contributed by atoms with van der Waals surface area (Å²) in [6.07, 6.45) is -1.04. The van der Waals surface area contributed by atoms with Crippen molar-refractivity contribution in [3.63, 3.8) is 0 Å². The number of amides is 2. The van der Waals surface area contributed by atoms with Gasteiger partial charge in [0.25, 0.3) is 0 Å². The predicted molar refractivity (Wildman–Crippen MR) is 100 cm³/mol. The topological polar surface area (TPSA) is 125 Å². The second-order valence-corrected chi connectivity index (χ2v) is 6.17. The molecule has 0 aliphatic heterocycles. The lowest BCUT2D eigenvalue weighted by Gasteiger charge is -2.20. The largest absolute Gasteiger partial charge is 0.480 e. The van der Waals surface area contributed by atoms with Crippen LogP contribution in [0.3, 0.4) is 0 Å². The summed E-state index contributed by atoms with van der Waals surface area (Å²) >= 11 is 0. The first-order valence-electron chi connectivity index (χ1n) is 8.74. The molecule has 0 radical (unpaired) electrons. The maximum absolute atomic E-state index is 13.0. The molecule has 2 rings (SSSR count). The van der Waals surface area contributed by atoms with Crippen molar-refractivity contribution in [3.05, 3.63) is 71.5 Å². The average molecular weight is 404 g/mol. The normalized spacial score (nSPS) is 12.5. The fourth-order valence-corrected chi connectivity index (χ4v) is 2.43. The molecule has 2 amide bonds. The quantitative estimate of drug-likeness (QED) is 0.498. The third kappa shape index (κ3) is 7.23. The van der Waals surface area contributed by atoms with Crippen LogP contribution in [0, 0.1) is 5.82 Å². The summed E-state index contributed by atoms with van der Waals surface area (Å²) in [4.78, 5) is 35.6. The number of carbonyl (C=O) groups is 3. The minimum Gasteiger partial charge on any atom is -0.480 e. The van der Waals surface area contributed by atoms with Gasteiger partial charge in [-0.2, -0.15) is 0 Å². The van der Waals surface area contributed by atoms with Crippen LogP contribution in [0.5, 0.6) is 0 Å². The second kappa shape index (κ2) is 10.8. The molecule has 0 bridgehead atoms. The van der Waals surface area contributed by atoms with E-state index in [4.69, 9.17) is 4.74 Å². The van der Waals surface area contributed by atoms with Crippen LogP contribution in [0.4, 0.5) is 9.18 Å². The highest BCUT2D eigenvalue weighted by Gasteiger charge is 2.26. The molecule has 0 fully saturated rings. The van der Waals surface area contributed by atoms with Gasteiger partial charge in [0.05, 0.1) is 6.61 Å². The van der Waals surface area contributed by atoms with Crippen LogP contribution in [-0.2, 0) is 27.4 Å². The van der Waals surface area contributed by atoms with E-state index in [1.54, 1.807) is 30.3 Å². The van der Waals surface area contributed by atoms with Crippen LogP contribution in [-0.4, -0.2) is 46.9 Å². The summed E-state index contributed by atoms with van der Waals surface area (Å²) in [5, 5.41) is 23.1. The van der Waals surface area contributed by atoms with Gasteiger partial charge < -0.3 is 25.6 Å². The van der Waals surface area contributed by atoms with Gasteiger partial charge >= 0.3 is 12.1 Å². The SMILES string of the molecule is O=C(N[C@@H](CO)C(=O)N[C@H](Cc1ccc(F)cc1)C(=O)O)OCc1ccccc1. The molecular weight excluding hydrogens is 383 g/mol. The third-order valence-corrected chi connectivity index (χ3v) is 3.97. The maximum atomic E-state index is 13.0. The molecule has 8 nitrogen and oxygen atoms in total. The summed E-state index contributed by atoms with van der Waals surface area (Å²) in [5.74, 6) is -2.67. The Morgan fingerprint density at radius 3 is 2.17 bits per heavy atom. The Hall–Kier alpha value is -3.46.